The normalized spacial score (nSPS) is 27.4. The van der Waals surface area contributed by atoms with Crippen LogP contribution in [0.15, 0.2) is 94.7 Å². The minimum atomic E-state index is -1.06. The number of hydrogen-bond acceptors (Lipinski definition) is 28. The number of fused-ring (bicyclic) bond motifs is 6. The summed E-state index contributed by atoms with van der Waals surface area (Å²) in [5, 5.41) is 31.6. The largest absolute Gasteiger partial charge is 0.461 e. The number of nitrogen functional groups attached to an aromatic ring is 2. The van der Waals surface area contributed by atoms with Crippen molar-refractivity contribution in [3.05, 3.63) is 107 Å². The molecule has 14 atom stereocenters. The third-order valence-corrected chi connectivity index (χ3v) is 25.2. The number of Topliss-reactive ketones (excluding diaryl/α,β-unsaturated/α-hetero) is 2. The number of cyclic esters (lactones) is 1. The number of allylic oxidation sites excluding steroid dienone is 5. The van der Waals surface area contributed by atoms with Gasteiger partial charge in [-0.15, -0.1) is 0 Å². The second-order valence-electron chi connectivity index (χ2n) is 34.6. The molecule has 5 aliphatic heterocycles. The molecule has 1 aliphatic carbocycles. The van der Waals surface area contributed by atoms with Gasteiger partial charge in [0, 0.05) is 116 Å². The molecule has 7 N–H and O–H groups in total. The average molecular weight is 1740 g/mol. The van der Waals surface area contributed by atoms with E-state index in [0.29, 0.717) is 215 Å². The van der Waals surface area contributed by atoms with Crippen molar-refractivity contribution in [2.24, 2.45) is 29.6 Å². The van der Waals surface area contributed by atoms with Crippen molar-refractivity contribution in [1.82, 2.24) is 49.6 Å². The Kier molecular flexibility index (Phi) is 38.7. The van der Waals surface area contributed by atoms with E-state index in [0.717, 1.165) is 68.0 Å². The van der Waals surface area contributed by atoms with Gasteiger partial charge in [0.15, 0.2) is 11.2 Å². The van der Waals surface area contributed by atoms with Crippen LogP contribution in [0.5, 0.6) is 0 Å². The van der Waals surface area contributed by atoms with Crippen molar-refractivity contribution in [3.8, 4) is 11.3 Å². The van der Waals surface area contributed by atoms with Gasteiger partial charge in [0.2, 0.25) is 11.7 Å². The van der Waals surface area contributed by atoms with Gasteiger partial charge in [0.1, 0.15) is 53.5 Å². The van der Waals surface area contributed by atoms with E-state index in [4.69, 9.17) is 73.1 Å². The smallest absolute Gasteiger partial charge is 0.407 e. The van der Waals surface area contributed by atoms with Crippen LogP contribution in [0.3, 0.4) is 0 Å². The zero-order chi connectivity index (χ0) is 88.7. The average Bonchev–Trinajstić information content (AvgIpc) is 1.59. The number of aliphatic hydroxyl groups excluding tert-OH is 2. The molecule has 2 bridgehead atoms. The van der Waals surface area contributed by atoms with Gasteiger partial charge in [-0.1, -0.05) is 82.4 Å². The van der Waals surface area contributed by atoms with Crippen LogP contribution in [-0.2, 0) is 95.6 Å². The summed E-state index contributed by atoms with van der Waals surface area (Å²) in [6.45, 7) is 24.2. The fraction of sp³-hybridized carbons (Fsp3) is 0.656. The zero-order valence-electron chi connectivity index (χ0n) is 74.6. The molecule has 32 nitrogen and oxygen atoms in total. The fourth-order valence-electron chi connectivity index (χ4n) is 17.6. The molecule has 0 radical (unpaired) electrons. The van der Waals surface area contributed by atoms with Gasteiger partial charge in [0.05, 0.1) is 128 Å². The summed E-state index contributed by atoms with van der Waals surface area (Å²) in [6, 6.07) is 11.0. The number of aliphatic hydroxyl groups is 2. The van der Waals surface area contributed by atoms with Crippen LogP contribution in [0.2, 0.25) is 0 Å². The number of esters is 1. The Morgan fingerprint density at radius 2 is 1.40 bits per heavy atom. The molecule has 3 aromatic heterocycles. The van der Waals surface area contributed by atoms with Crippen LogP contribution in [0, 0.1) is 29.6 Å². The van der Waals surface area contributed by atoms with Gasteiger partial charge in [-0.3, -0.25) is 29.0 Å². The number of nitrogens with zero attached hydrogens (tertiary/aromatic N) is 9. The Morgan fingerprint density at radius 3 is 2.12 bits per heavy atom. The topological polar surface area (TPSA) is 391 Å². The molecule has 688 valence electrons. The van der Waals surface area contributed by atoms with Crippen LogP contribution in [0.1, 0.15) is 155 Å². The quantitative estimate of drug-likeness (QED) is 0.0113. The fourth-order valence-corrected chi connectivity index (χ4v) is 17.6. The SMILES string of the molecule is CO[C@H]1CC2CC[C@@H](C)C(O2)C(=O)C(=O)N2CCCC[C@H]2C(=O)O[C@H](CC[C@@H]2CC[C@@H](OC(=O)NCCOCCOCCN3CCN(CCOCCOCCOCCOCCC(=O)N4CCc5cc(Cn6nc(-c7ccc8oc(N)nc8c7)c7c(N)ncnc76)ccc5C4)CC3)[C@H](OC)C2)C[C@@H](O)[C@H](C)/C=C(\C)[C@@H](O)CC(=O)[C@H](C)C[C@H](C)/C=C/C=C/C=C/1C. The number of ether oxygens (including phenoxy) is 11. The molecule has 8 heterocycles. The van der Waals surface area contributed by atoms with Gasteiger partial charge < -0.3 is 93.3 Å². The van der Waals surface area contributed by atoms with E-state index >= 15 is 0 Å². The zero-order valence-corrected chi connectivity index (χ0v) is 74.6. The van der Waals surface area contributed by atoms with Gasteiger partial charge in [0.25, 0.3) is 11.9 Å². The number of nitrogens with one attached hydrogen (secondary N) is 1. The number of piperidine rings is 1. The number of alkyl carbamates (subject to hydrolysis) is 1. The molecule has 11 rings (SSSR count). The Labute approximate surface area is 735 Å². The highest BCUT2D eigenvalue weighted by Gasteiger charge is 2.44. The number of hydrogen-bond donors (Lipinski definition) is 5. The molecule has 1 saturated carbocycles. The van der Waals surface area contributed by atoms with E-state index in [-0.39, 0.29) is 86.1 Å². The predicted octanol–water partition coefficient (Wildman–Crippen LogP) is 9.37. The molecular weight excluding hydrogens is 1610 g/mol. The Bertz CT molecular complexity index is 4410. The summed E-state index contributed by atoms with van der Waals surface area (Å²) in [4.78, 5) is 104. The van der Waals surface area contributed by atoms with Gasteiger partial charge in [-0.05, 0) is 155 Å². The predicted molar refractivity (Wildman–Crippen MR) is 471 cm³/mol. The first-order chi connectivity index (χ1) is 60.5. The van der Waals surface area contributed by atoms with E-state index in [2.05, 4.69) is 61.3 Å². The molecule has 5 aromatic rings. The number of anilines is 2. The molecular formula is C93H136N12O20. The number of methoxy groups -OCH3 is 2. The van der Waals surface area contributed by atoms with E-state index in [1.54, 1.807) is 33.3 Å². The summed E-state index contributed by atoms with van der Waals surface area (Å²) in [6.07, 6.45) is 14.8. The summed E-state index contributed by atoms with van der Waals surface area (Å²) < 4.78 is 72.6. The van der Waals surface area contributed by atoms with Crippen molar-refractivity contribution in [1.29, 1.82) is 0 Å². The van der Waals surface area contributed by atoms with Crippen molar-refractivity contribution in [3.63, 3.8) is 0 Å². The second-order valence-corrected chi connectivity index (χ2v) is 34.6. The maximum absolute atomic E-state index is 14.6. The van der Waals surface area contributed by atoms with E-state index < -0.39 is 72.3 Å². The molecule has 2 aromatic carbocycles. The first-order valence-corrected chi connectivity index (χ1v) is 45.2. The van der Waals surface area contributed by atoms with Crippen LogP contribution < -0.4 is 16.8 Å². The molecule has 4 fully saturated rings. The lowest BCUT2D eigenvalue weighted by Gasteiger charge is -2.38. The van der Waals surface area contributed by atoms with Crippen molar-refractivity contribution < 1.29 is 95.5 Å². The highest BCUT2D eigenvalue weighted by Crippen LogP contribution is 2.37. The molecule has 0 spiro atoms. The number of benzene rings is 2. The summed E-state index contributed by atoms with van der Waals surface area (Å²) in [5.41, 5.74) is 20.3. The molecule has 2 unspecified atom stereocenters. The minimum absolute atomic E-state index is 0.0445. The van der Waals surface area contributed by atoms with Crippen LogP contribution >= 0.6 is 0 Å². The van der Waals surface area contributed by atoms with Crippen molar-refractivity contribution in [2.75, 3.05) is 164 Å². The number of ketones is 2. The number of nitrogens with two attached hydrogens (primary N) is 2. The standard InChI is InChI=1S/C93H136N12O20/c1-61-14-10-9-11-15-62(2)81(114-7)56-73-23-17-63(3)87(122-73)86(110)90(111)104-30-13-12-16-75(104)91(112)123-72(55-76(106)65(5)51-66(6)78(108)57-77(107)64(4)50-61)24-19-67-20-25-80(82(53-67)115-8)125-93(113)96-29-39-117-43-44-118-40-36-101-32-34-102(35-33-101)37-41-119-45-47-121-49-48-120-46-42-116-38-28-83(109)103-31-27-69-52-68(18-21-71(69)59-103)58-105-89-84(88(94)97-60-98-89)85(100-105)70-22-26-79-74(54-70)99-92(95)124-79/h9-11,14-15,18,21-22,26,51-52,54,60-61,63-65,67,72-73,75-76,78,80-82,87,106,108H,12-13,16-17,19-20,23-25,27-50,53,55-59H2,1-8H3,(H2,95,99)(H,96,113)(H2,94,97,98)/b11-9+,14-10+,62-15+,66-51+/t61-,63-,64-,65-,67-,72-,73?,75+,76-,78+,80-,81+,82-,87?/m1/s1. The molecule has 32 heteroatoms. The molecule has 6 aliphatic rings. The van der Waals surface area contributed by atoms with Crippen molar-refractivity contribution in [2.45, 2.75) is 212 Å². The number of piperazine rings is 1. The molecule has 3 saturated heterocycles. The first-order valence-electron chi connectivity index (χ1n) is 45.2. The maximum atomic E-state index is 14.6. The number of aromatic nitrogens is 5. The van der Waals surface area contributed by atoms with Crippen LogP contribution in [0.25, 0.3) is 33.4 Å². The van der Waals surface area contributed by atoms with E-state index in [1.807, 2.05) is 73.7 Å². The lowest BCUT2D eigenvalue weighted by molar-refractivity contribution is -0.169. The Balaban J connectivity index is 0.508. The third-order valence-electron chi connectivity index (χ3n) is 25.2. The lowest BCUT2D eigenvalue weighted by Crippen LogP contribution is -2.55. The van der Waals surface area contributed by atoms with Crippen LogP contribution in [0.4, 0.5) is 16.6 Å². The summed E-state index contributed by atoms with van der Waals surface area (Å²) in [7, 11) is 3.24. The number of rotatable bonds is 33. The van der Waals surface area contributed by atoms with Gasteiger partial charge in [-0.2, -0.15) is 10.1 Å². The van der Waals surface area contributed by atoms with E-state index in [9.17, 15) is 39.0 Å². The second kappa shape index (κ2) is 49.7. The number of amides is 3. The monoisotopic (exact) mass is 1740 g/mol. The van der Waals surface area contributed by atoms with E-state index in [1.165, 1.54) is 16.8 Å². The highest BCUT2D eigenvalue weighted by molar-refractivity contribution is 6.38. The number of carbonyl (C=O) groups excluding carboxylic acids is 6. The molecule has 3 amide bonds. The molecule has 125 heavy (non-hydrogen) atoms. The third kappa shape index (κ3) is 29.3. The van der Waals surface area contributed by atoms with Gasteiger partial charge >= 0.3 is 12.1 Å². The minimum Gasteiger partial charge on any atom is -0.461 e. The summed E-state index contributed by atoms with van der Waals surface area (Å²) >= 11 is 0. The Hall–Kier alpha value is -8.48. The first kappa shape index (κ1) is 97.1. The van der Waals surface area contributed by atoms with Gasteiger partial charge in [-0.25, -0.2) is 24.2 Å². The lowest BCUT2D eigenvalue weighted by atomic mass is 9.81. The summed E-state index contributed by atoms with van der Waals surface area (Å²) in [5.74, 6) is -2.63. The Morgan fingerprint density at radius 1 is 0.688 bits per heavy atom. The maximum Gasteiger partial charge on any atom is 0.407 e. The van der Waals surface area contributed by atoms with Crippen LogP contribution in [-0.4, -0.2) is 297 Å². The van der Waals surface area contributed by atoms with Crippen molar-refractivity contribution >= 4 is 69.4 Å². The highest BCUT2D eigenvalue weighted by atomic mass is 16.6. The number of oxazole rings is 1. The number of carbonyl (C=O) groups is 6.